The van der Waals surface area contributed by atoms with Gasteiger partial charge in [-0.25, -0.2) is 0 Å². The number of hydrogen-bond donors (Lipinski definition) is 1. The fourth-order valence-corrected chi connectivity index (χ4v) is 2.93. The molecule has 0 bridgehead atoms. The summed E-state index contributed by atoms with van der Waals surface area (Å²) in [7, 11) is 0. The van der Waals surface area contributed by atoms with Crippen LogP contribution in [0.15, 0.2) is 11.7 Å². The van der Waals surface area contributed by atoms with E-state index in [2.05, 4.69) is 29.0 Å². The average molecular weight is 253 g/mol. The molecule has 3 nitrogen and oxygen atoms in total. The van der Waals surface area contributed by atoms with Crippen LogP contribution < -0.4 is 5.32 Å². The van der Waals surface area contributed by atoms with Crippen molar-refractivity contribution in [2.75, 3.05) is 19.6 Å². The molecule has 1 fully saturated rings. The van der Waals surface area contributed by atoms with Crippen molar-refractivity contribution in [3.63, 3.8) is 0 Å². The Kier molecular flexibility index (Phi) is 4.95. The van der Waals surface area contributed by atoms with Crippen LogP contribution in [0.25, 0.3) is 0 Å². The number of thiazole rings is 1. The van der Waals surface area contributed by atoms with Crippen LogP contribution in [0.5, 0.6) is 0 Å². The number of piperidine rings is 1. The minimum atomic E-state index is 0.616. The molecule has 0 unspecified atom stereocenters. The quantitative estimate of drug-likeness (QED) is 0.873. The van der Waals surface area contributed by atoms with Crippen LogP contribution in [0.2, 0.25) is 0 Å². The largest absolute Gasteiger partial charge is 0.314 e. The minimum Gasteiger partial charge on any atom is -0.314 e. The molecule has 1 aliphatic heterocycles. The number of nitrogens with one attached hydrogen (secondary N) is 1. The Labute approximate surface area is 108 Å². The van der Waals surface area contributed by atoms with E-state index in [-0.39, 0.29) is 0 Å². The maximum atomic E-state index is 4.13. The topological polar surface area (TPSA) is 28.2 Å². The summed E-state index contributed by atoms with van der Waals surface area (Å²) in [6.07, 6.45) is 4.66. The number of rotatable bonds is 5. The Hall–Kier alpha value is -0.450. The van der Waals surface area contributed by atoms with Gasteiger partial charge in [-0.15, -0.1) is 11.3 Å². The molecular weight excluding hydrogens is 230 g/mol. The molecule has 0 spiro atoms. The van der Waals surface area contributed by atoms with E-state index in [0.717, 1.165) is 12.5 Å². The minimum absolute atomic E-state index is 0.616. The lowest BCUT2D eigenvalue weighted by Crippen LogP contribution is -2.38. The first kappa shape index (κ1) is 13.0. The van der Waals surface area contributed by atoms with Gasteiger partial charge in [-0.2, -0.15) is 0 Å². The number of nitrogens with zero attached hydrogens (tertiary/aromatic N) is 2. The van der Waals surface area contributed by atoms with E-state index in [4.69, 9.17) is 0 Å². The zero-order chi connectivity index (χ0) is 12.1. The first-order valence-electron chi connectivity index (χ1n) is 6.57. The summed E-state index contributed by atoms with van der Waals surface area (Å²) < 4.78 is 0. The van der Waals surface area contributed by atoms with Gasteiger partial charge in [0.15, 0.2) is 0 Å². The van der Waals surface area contributed by atoms with Crippen molar-refractivity contribution in [2.24, 2.45) is 5.92 Å². The normalized spacial score (nSPS) is 19.0. The molecule has 1 aromatic heterocycles. The highest BCUT2D eigenvalue weighted by atomic mass is 32.1. The van der Waals surface area contributed by atoms with E-state index in [1.807, 2.05) is 11.7 Å². The van der Waals surface area contributed by atoms with Gasteiger partial charge in [-0.05, 0) is 38.4 Å². The summed E-state index contributed by atoms with van der Waals surface area (Å²) in [5, 5.41) is 3.55. The zero-order valence-electron chi connectivity index (χ0n) is 10.9. The summed E-state index contributed by atoms with van der Waals surface area (Å²) in [5.74, 6) is 0.870. The van der Waals surface area contributed by atoms with Crippen LogP contribution in [0.1, 0.15) is 31.6 Å². The van der Waals surface area contributed by atoms with Crippen LogP contribution in [0, 0.1) is 5.92 Å². The molecule has 2 heterocycles. The second-order valence-corrected chi connectivity index (χ2v) is 6.22. The molecule has 0 saturated carbocycles. The first-order chi connectivity index (χ1) is 8.24. The highest BCUT2D eigenvalue weighted by Gasteiger charge is 2.19. The van der Waals surface area contributed by atoms with Gasteiger partial charge < -0.3 is 5.32 Å². The average Bonchev–Trinajstić information content (AvgIpc) is 2.81. The molecule has 0 atom stereocenters. The molecule has 1 aromatic rings. The van der Waals surface area contributed by atoms with Gasteiger partial charge in [0.1, 0.15) is 0 Å². The van der Waals surface area contributed by atoms with Crippen molar-refractivity contribution < 1.29 is 0 Å². The molecule has 0 aliphatic carbocycles. The van der Waals surface area contributed by atoms with Gasteiger partial charge >= 0.3 is 0 Å². The molecule has 2 rings (SSSR count). The lowest BCUT2D eigenvalue weighted by molar-refractivity contribution is 0.175. The predicted molar refractivity (Wildman–Crippen MR) is 73.3 cm³/mol. The van der Waals surface area contributed by atoms with Gasteiger partial charge in [0, 0.05) is 23.7 Å². The molecule has 1 saturated heterocycles. The molecule has 4 heteroatoms. The van der Waals surface area contributed by atoms with E-state index < -0.39 is 0 Å². The maximum absolute atomic E-state index is 4.13. The van der Waals surface area contributed by atoms with E-state index in [9.17, 15) is 0 Å². The first-order valence-corrected chi connectivity index (χ1v) is 7.45. The van der Waals surface area contributed by atoms with Crippen LogP contribution in [0.3, 0.4) is 0 Å². The number of aromatic nitrogens is 1. The van der Waals surface area contributed by atoms with E-state index in [1.54, 1.807) is 11.3 Å². The van der Waals surface area contributed by atoms with Crippen molar-refractivity contribution in [3.8, 4) is 0 Å². The van der Waals surface area contributed by atoms with Gasteiger partial charge in [0.05, 0.1) is 5.51 Å². The number of hydrogen-bond acceptors (Lipinski definition) is 4. The molecular formula is C13H23N3S. The third kappa shape index (κ3) is 4.37. The Bertz CT molecular complexity index is 302. The molecule has 0 amide bonds. The fraction of sp³-hybridized carbons (Fsp3) is 0.769. The van der Waals surface area contributed by atoms with Gasteiger partial charge in [0.25, 0.3) is 0 Å². The highest BCUT2D eigenvalue weighted by molar-refractivity contribution is 7.09. The van der Waals surface area contributed by atoms with Gasteiger partial charge in [0.2, 0.25) is 0 Å². The van der Waals surface area contributed by atoms with Crippen LogP contribution >= 0.6 is 11.3 Å². The molecule has 1 N–H and O–H groups in total. The standard InChI is InChI=1S/C13H23N3S/c1-11(2)15-7-12-3-5-16(6-4-12)9-13-8-14-10-17-13/h8,10-12,15H,3-7,9H2,1-2H3. The Morgan fingerprint density at radius 3 is 2.82 bits per heavy atom. The molecule has 0 aromatic carbocycles. The second-order valence-electron chi connectivity index (χ2n) is 5.25. The summed E-state index contributed by atoms with van der Waals surface area (Å²) in [5.41, 5.74) is 1.93. The zero-order valence-corrected chi connectivity index (χ0v) is 11.7. The second kappa shape index (κ2) is 6.47. The summed E-state index contributed by atoms with van der Waals surface area (Å²) in [4.78, 5) is 8.08. The summed E-state index contributed by atoms with van der Waals surface area (Å²) in [6.45, 7) is 9.20. The molecule has 1 aliphatic rings. The van der Waals surface area contributed by atoms with Crippen molar-refractivity contribution >= 4 is 11.3 Å². The predicted octanol–water partition coefficient (Wildman–Crippen LogP) is 2.35. The van der Waals surface area contributed by atoms with E-state index >= 15 is 0 Å². The monoisotopic (exact) mass is 253 g/mol. The summed E-state index contributed by atoms with van der Waals surface area (Å²) in [6, 6.07) is 0.616. The van der Waals surface area contributed by atoms with Crippen molar-refractivity contribution in [1.29, 1.82) is 0 Å². The van der Waals surface area contributed by atoms with E-state index in [1.165, 1.54) is 37.4 Å². The van der Waals surface area contributed by atoms with Crippen LogP contribution in [-0.2, 0) is 6.54 Å². The SMILES string of the molecule is CC(C)NCC1CCN(Cc2cncs2)CC1. The summed E-state index contributed by atoms with van der Waals surface area (Å²) >= 11 is 1.77. The van der Waals surface area contributed by atoms with Crippen molar-refractivity contribution in [2.45, 2.75) is 39.3 Å². The Balaban J connectivity index is 1.67. The third-order valence-electron chi connectivity index (χ3n) is 3.38. The Morgan fingerprint density at radius 2 is 2.24 bits per heavy atom. The highest BCUT2D eigenvalue weighted by Crippen LogP contribution is 2.19. The smallest absolute Gasteiger partial charge is 0.0794 e. The molecule has 0 radical (unpaired) electrons. The number of likely N-dealkylation sites (tertiary alicyclic amines) is 1. The van der Waals surface area contributed by atoms with Gasteiger partial charge in [-0.3, -0.25) is 9.88 Å². The Morgan fingerprint density at radius 1 is 1.47 bits per heavy atom. The van der Waals surface area contributed by atoms with Gasteiger partial charge in [-0.1, -0.05) is 13.8 Å². The van der Waals surface area contributed by atoms with Crippen LogP contribution in [-0.4, -0.2) is 35.6 Å². The van der Waals surface area contributed by atoms with E-state index in [0.29, 0.717) is 6.04 Å². The van der Waals surface area contributed by atoms with Crippen molar-refractivity contribution in [1.82, 2.24) is 15.2 Å². The molecule has 17 heavy (non-hydrogen) atoms. The lowest BCUT2D eigenvalue weighted by Gasteiger charge is -2.32. The maximum Gasteiger partial charge on any atom is 0.0794 e. The fourth-order valence-electron chi connectivity index (χ4n) is 2.29. The van der Waals surface area contributed by atoms with Crippen LogP contribution in [0.4, 0.5) is 0 Å². The van der Waals surface area contributed by atoms with Crippen molar-refractivity contribution in [3.05, 3.63) is 16.6 Å². The third-order valence-corrected chi connectivity index (χ3v) is 4.15. The molecule has 96 valence electrons. The lowest BCUT2D eigenvalue weighted by atomic mass is 9.96.